The molecule has 0 amide bonds. The molecule has 222 valence electrons. The molecule has 0 N–H and O–H groups in total. The van der Waals surface area contributed by atoms with Gasteiger partial charge in [-0.1, -0.05) is 182 Å². The lowest BCUT2D eigenvalue weighted by Crippen LogP contribution is -1.93. The predicted octanol–water partition coefficient (Wildman–Crippen LogP) is 13.6. The number of hydrogen-bond donors (Lipinski definition) is 0. The molecule has 0 aliphatic carbocycles. The summed E-state index contributed by atoms with van der Waals surface area (Å²) in [6.45, 7) is 0. The lowest BCUT2D eigenvalue weighted by atomic mass is 9.83. The van der Waals surface area contributed by atoms with Crippen LogP contribution < -0.4 is 0 Å². The van der Waals surface area contributed by atoms with E-state index in [9.17, 15) is 0 Å². The summed E-state index contributed by atoms with van der Waals surface area (Å²) in [6, 6.07) is 67.2. The van der Waals surface area contributed by atoms with E-state index in [0.717, 1.165) is 0 Å². The van der Waals surface area contributed by atoms with Crippen molar-refractivity contribution in [3.8, 4) is 33.4 Å². The minimum atomic E-state index is 1.24. The fraction of sp³-hybridized carbons (Fsp3) is 0. The van der Waals surface area contributed by atoms with Crippen LogP contribution in [0.4, 0.5) is 0 Å². The van der Waals surface area contributed by atoms with Crippen LogP contribution in [-0.2, 0) is 0 Å². The second kappa shape index (κ2) is 10.7. The SMILES string of the molecule is c1ccc(-c2cccc3c2ccc2c4ccccc4ccc32)c(-c2c(-c3cccc4c3ccc3ccccc34)ccc3ccccc23)c1. The van der Waals surface area contributed by atoms with E-state index in [0.29, 0.717) is 0 Å². The smallest absolute Gasteiger partial charge is 0.00204 e. The molecule has 0 radical (unpaired) electrons. The molecule has 0 spiro atoms. The highest BCUT2D eigenvalue weighted by atomic mass is 14.2. The van der Waals surface area contributed by atoms with Gasteiger partial charge < -0.3 is 0 Å². The highest BCUT2D eigenvalue weighted by Crippen LogP contribution is 2.46. The Balaban J connectivity index is 1.27. The standard InChI is InChI=1S/C48H30/c1-4-14-34-31(11-1)23-26-43-37(34)19-9-22-41(43)47-28-25-33-13-3-6-16-36(33)48(47)46-18-8-7-17-40(46)38-20-10-21-39-44-27-24-32-12-2-5-15-35(32)42(44)29-30-45(38)39/h1-30H. The molecule has 0 heteroatoms. The van der Waals surface area contributed by atoms with Gasteiger partial charge in [0.05, 0.1) is 0 Å². The molecule has 0 fully saturated rings. The number of fused-ring (bicyclic) bond motifs is 9. The summed E-state index contributed by atoms with van der Waals surface area (Å²) in [5.74, 6) is 0. The maximum atomic E-state index is 2.33. The first-order valence-electron chi connectivity index (χ1n) is 16.7. The molecule has 0 bridgehead atoms. The molecule has 48 heavy (non-hydrogen) atoms. The van der Waals surface area contributed by atoms with Gasteiger partial charge in [0.25, 0.3) is 0 Å². The second-order valence-electron chi connectivity index (χ2n) is 12.8. The molecular weight excluding hydrogens is 577 g/mol. The quantitative estimate of drug-likeness (QED) is 0.176. The zero-order chi connectivity index (χ0) is 31.6. The third-order valence-corrected chi connectivity index (χ3v) is 10.3. The Bertz CT molecular complexity index is 2890. The van der Waals surface area contributed by atoms with Crippen molar-refractivity contribution in [2.75, 3.05) is 0 Å². The van der Waals surface area contributed by atoms with Crippen LogP contribution in [0.25, 0.3) is 98.0 Å². The van der Waals surface area contributed by atoms with Crippen molar-refractivity contribution in [2.24, 2.45) is 0 Å². The van der Waals surface area contributed by atoms with Crippen LogP contribution in [0.1, 0.15) is 0 Å². The second-order valence-corrected chi connectivity index (χ2v) is 12.8. The maximum Gasteiger partial charge on any atom is -0.00204 e. The van der Waals surface area contributed by atoms with Crippen molar-refractivity contribution in [3.63, 3.8) is 0 Å². The third kappa shape index (κ3) is 4.03. The molecule has 0 saturated heterocycles. The molecule has 0 unspecified atom stereocenters. The van der Waals surface area contributed by atoms with Crippen LogP contribution in [0.15, 0.2) is 182 Å². The van der Waals surface area contributed by atoms with Crippen LogP contribution in [0.5, 0.6) is 0 Å². The maximum absolute atomic E-state index is 2.33. The molecule has 0 aliphatic rings. The van der Waals surface area contributed by atoms with Gasteiger partial charge in [-0.3, -0.25) is 0 Å². The normalized spacial score (nSPS) is 11.8. The van der Waals surface area contributed by atoms with Crippen LogP contribution >= 0.6 is 0 Å². The van der Waals surface area contributed by atoms with Crippen molar-refractivity contribution in [1.82, 2.24) is 0 Å². The highest BCUT2D eigenvalue weighted by Gasteiger charge is 2.19. The Morgan fingerprint density at radius 2 is 0.542 bits per heavy atom. The molecular formula is C48H30. The van der Waals surface area contributed by atoms with Gasteiger partial charge in [0, 0.05) is 0 Å². The summed E-state index contributed by atoms with van der Waals surface area (Å²) in [6.07, 6.45) is 0. The molecule has 0 heterocycles. The molecule has 10 aromatic rings. The average Bonchev–Trinajstić information content (AvgIpc) is 3.16. The Morgan fingerprint density at radius 3 is 1.23 bits per heavy atom. The van der Waals surface area contributed by atoms with Gasteiger partial charge in [-0.25, -0.2) is 0 Å². The molecule has 0 aromatic heterocycles. The van der Waals surface area contributed by atoms with E-state index < -0.39 is 0 Å². The van der Waals surface area contributed by atoms with Crippen molar-refractivity contribution in [3.05, 3.63) is 182 Å². The van der Waals surface area contributed by atoms with Gasteiger partial charge in [0.2, 0.25) is 0 Å². The van der Waals surface area contributed by atoms with Crippen molar-refractivity contribution in [2.45, 2.75) is 0 Å². The minimum Gasteiger partial charge on any atom is -0.0616 e. The third-order valence-electron chi connectivity index (χ3n) is 10.3. The van der Waals surface area contributed by atoms with Crippen molar-refractivity contribution >= 4 is 64.6 Å². The van der Waals surface area contributed by atoms with Gasteiger partial charge in [0.15, 0.2) is 0 Å². The van der Waals surface area contributed by atoms with E-state index in [2.05, 4.69) is 182 Å². The van der Waals surface area contributed by atoms with Crippen LogP contribution in [0.3, 0.4) is 0 Å². The molecule has 0 saturated carbocycles. The van der Waals surface area contributed by atoms with Crippen LogP contribution in [0, 0.1) is 0 Å². The first-order chi connectivity index (χ1) is 23.8. The molecule has 10 aromatic carbocycles. The molecule has 0 aliphatic heterocycles. The number of hydrogen-bond acceptors (Lipinski definition) is 0. The van der Waals surface area contributed by atoms with Gasteiger partial charge in [-0.2, -0.15) is 0 Å². The largest absolute Gasteiger partial charge is 0.0616 e. The zero-order valence-electron chi connectivity index (χ0n) is 26.3. The summed E-state index contributed by atoms with van der Waals surface area (Å²) in [5, 5.41) is 15.3. The molecule has 0 nitrogen and oxygen atoms in total. The first kappa shape index (κ1) is 26.9. The van der Waals surface area contributed by atoms with E-state index in [1.54, 1.807) is 0 Å². The zero-order valence-corrected chi connectivity index (χ0v) is 26.3. The van der Waals surface area contributed by atoms with Gasteiger partial charge in [0.1, 0.15) is 0 Å². The average molecular weight is 607 g/mol. The summed E-state index contributed by atoms with van der Waals surface area (Å²) >= 11 is 0. The van der Waals surface area contributed by atoms with E-state index in [-0.39, 0.29) is 0 Å². The fourth-order valence-electron chi connectivity index (χ4n) is 8.09. The van der Waals surface area contributed by atoms with Crippen molar-refractivity contribution < 1.29 is 0 Å². The number of benzene rings is 10. The Labute approximate surface area is 279 Å². The minimum absolute atomic E-state index is 1.24. The highest BCUT2D eigenvalue weighted by molar-refractivity contribution is 6.21. The predicted molar refractivity (Wildman–Crippen MR) is 208 cm³/mol. The summed E-state index contributed by atoms with van der Waals surface area (Å²) in [4.78, 5) is 0. The number of rotatable bonds is 3. The topological polar surface area (TPSA) is 0 Å². The lowest BCUT2D eigenvalue weighted by molar-refractivity contribution is 1.61. The first-order valence-corrected chi connectivity index (χ1v) is 16.7. The monoisotopic (exact) mass is 606 g/mol. The van der Waals surface area contributed by atoms with E-state index in [4.69, 9.17) is 0 Å². The van der Waals surface area contributed by atoms with E-state index in [1.165, 1.54) is 98.0 Å². The Morgan fingerprint density at radius 1 is 0.167 bits per heavy atom. The van der Waals surface area contributed by atoms with Crippen molar-refractivity contribution in [1.29, 1.82) is 0 Å². The van der Waals surface area contributed by atoms with Crippen LogP contribution in [0.2, 0.25) is 0 Å². The Kier molecular flexibility index (Phi) is 5.98. The molecule has 0 atom stereocenters. The lowest BCUT2D eigenvalue weighted by Gasteiger charge is -2.20. The molecule has 10 rings (SSSR count). The Hall–Kier alpha value is -6.24. The van der Waals surface area contributed by atoms with Gasteiger partial charge >= 0.3 is 0 Å². The van der Waals surface area contributed by atoms with E-state index in [1.807, 2.05) is 0 Å². The fourth-order valence-corrected chi connectivity index (χ4v) is 8.09. The summed E-state index contributed by atoms with van der Waals surface area (Å²) in [7, 11) is 0. The summed E-state index contributed by atoms with van der Waals surface area (Å²) < 4.78 is 0. The van der Waals surface area contributed by atoms with Gasteiger partial charge in [-0.15, -0.1) is 0 Å². The van der Waals surface area contributed by atoms with Gasteiger partial charge in [-0.05, 0) is 98.0 Å². The van der Waals surface area contributed by atoms with E-state index >= 15 is 0 Å². The summed E-state index contributed by atoms with van der Waals surface area (Å²) in [5.41, 5.74) is 7.51. The van der Waals surface area contributed by atoms with Crippen LogP contribution in [-0.4, -0.2) is 0 Å².